The Labute approximate surface area is 131 Å². The second kappa shape index (κ2) is 7.89. The van der Waals surface area contributed by atoms with Gasteiger partial charge in [-0.15, -0.1) is 0 Å². The van der Waals surface area contributed by atoms with Gasteiger partial charge in [-0.3, -0.25) is 19.8 Å². The standard InChI is InChI=1S/C16H25N3O3/c1-11(2)18(12(3)4)10-9-17-16(20)14-7-6-8-15(13(14)5)19(21)22/h6-8,11-12H,9-10H2,1-5H3,(H,17,20). The summed E-state index contributed by atoms with van der Waals surface area (Å²) in [5.74, 6) is -0.270. The molecule has 0 fully saturated rings. The number of nitro benzene ring substituents is 1. The SMILES string of the molecule is Cc1c(C(=O)NCCN(C(C)C)C(C)C)cccc1[N+](=O)[O-]. The number of carbonyl (C=O) groups is 1. The maximum atomic E-state index is 12.2. The van der Waals surface area contributed by atoms with Gasteiger partial charge in [0.25, 0.3) is 11.6 Å². The lowest BCUT2D eigenvalue weighted by molar-refractivity contribution is -0.385. The van der Waals surface area contributed by atoms with Gasteiger partial charge in [-0.25, -0.2) is 0 Å². The van der Waals surface area contributed by atoms with Crippen LogP contribution >= 0.6 is 0 Å². The minimum absolute atomic E-state index is 0.0290. The summed E-state index contributed by atoms with van der Waals surface area (Å²) in [6, 6.07) is 5.35. The Kier molecular flexibility index (Phi) is 6.49. The molecule has 0 aliphatic heterocycles. The molecule has 0 heterocycles. The maximum absolute atomic E-state index is 12.2. The second-order valence-electron chi connectivity index (χ2n) is 5.89. The van der Waals surface area contributed by atoms with Gasteiger partial charge in [0.05, 0.1) is 4.92 Å². The molecule has 0 unspecified atom stereocenters. The molecule has 0 spiro atoms. The Morgan fingerprint density at radius 1 is 1.27 bits per heavy atom. The summed E-state index contributed by atoms with van der Waals surface area (Å²) in [6.45, 7) is 11.3. The molecule has 1 aromatic carbocycles. The van der Waals surface area contributed by atoms with E-state index in [1.807, 2.05) is 0 Å². The third-order valence-corrected chi connectivity index (χ3v) is 3.73. The summed E-state index contributed by atoms with van der Waals surface area (Å²) in [5.41, 5.74) is 0.725. The van der Waals surface area contributed by atoms with E-state index in [-0.39, 0.29) is 11.6 Å². The van der Waals surface area contributed by atoms with Crippen molar-refractivity contribution in [3.8, 4) is 0 Å². The van der Waals surface area contributed by atoms with Gasteiger partial charge in [0.1, 0.15) is 0 Å². The van der Waals surface area contributed by atoms with E-state index < -0.39 is 4.92 Å². The molecule has 0 atom stereocenters. The highest BCUT2D eigenvalue weighted by molar-refractivity contribution is 5.96. The molecule has 1 aromatic rings. The Morgan fingerprint density at radius 3 is 2.36 bits per heavy atom. The van der Waals surface area contributed by atoms with Crippen LogP contribution in [0.25, 0.3) is 0 Å². The molecule has 6 heteroatoms. The Hall–Kier alpha value is -1.95. The first-order chi connectivity index (χ1) is 10.3. The van der Waals surface area contributed by atoms with E-state index in [0.29, 0.717) is 29.8 Å². The second-order valence-corrected chi connectivity index (χ2v) is 5.89. The molecule has 122 valence electrons. The zero-order valence-corrected chi connectivity index (χ0v) is 13.9. The van der Waals surface area contributed by atoms with Gasteiger partial charge in [-0.1, -0.05) is 6.07 Å². The number of amides is 1. The lowest BCUT2D eigenvalue weighted by atomic mass is 10.1. The lowest BCUT2D eigenvalue weighted by Gasteiger charge is -2.30. The van der Waals surface area contributed by atoms with Crippen LogP contribution in [0.1, 0.15) is 43.6 Å². The van der Waals surface area contributed by atoms with Crippen molar-refractivity contribution in [2.24, 2.45) is 0 Å². The van der Waals surface area contributed by atoms with Crippen molar-refractivity contribution in [3.05, 3.63) is 39.4 Å². The number of carbonyl (C=O) groups excluding carboxylic acids is 1. The number of nitrogens with zero attached hydrogens (tertiary/aromatic N) is 2. The van der Waals surface area contributed by atoms with Crippen LogP contribution in [0.5, 0.6) is 0 Å². The number of nitro groups is 1. The maximum Gasteiger partial charge on any atom is 0.273 e. The van der Waals surface area contributed by atoms with Crippen molar-refractivity contribution in [2.75, 3.05) is 13.1 Å². The minimum atomic E-state index is -0.467. The van der Waals surface area contributed by atoms with Crippen LogP contribution in [0.3, 0.4) is 0 Å². The predicted molar refractivity (Wildman–Crippen MR) is 87.1 cm³/mol. The number of nitrogens with one attached hydrogen (secondary N) is 1. The van der Waals surface area contributed by atoms with E-state index in [0.717, 1.165) is 6.54 Å². The van der Waals surface area contributed by atoms with Crippen molar-refractivity contribution >= 4 is 11.6 Å². The largest absolute Gasteiger partial charge is 0.351 e. The third-order valence-electron chi connectivity index (χ3n) is 3.73. The number of rotatable bonds is 7. The van der Waals surface area contributed by atoms with Crippen LogP contribution in [0.2, 0.25) is 0 Å². The van der Waals surface area contributed by atoms with E-state index in [2.05, 4.69) is 37.9 Å². The molecule has 1 amide bonds. The van der Waals surface area contributed by atoms with E-state index in [4.69, 9.17) is 0 Å². The molecule has 0 radical (unpaired) electrons. The summed E-state index contributed by atoms with van der Waals surface area (Å²) < 4.78 is 0. The molecule has 0 bridgehead atoms. The summed E-state index contributed by atoms with van der Waals surface area (Å²) >= 11 is 0. The van der Waals surface area contributed by atoms with Gasteiger partial charge in [0, 0.05) is 42.4 Å². The quantitative estimate of drug-likeness (QED) is 0.621. The van der Waals surface area contributed by atoms with Crippen molar-refractivity contribution in [1.82, 2.24) is 10.2 Å². The van der Waals surface area contributed by atoms with Crippen LogP contribution in [0.15, 0.2) is 18.2 Å². The van der Waals surface area contributed by atoms with Crippen LogP contribution in [-0.4, -0.2) is 40.9 Å². The fourth-order valence-corrected chi connectivity index (χ4v) is 2.57. The van der Waals surface area contributed by atoms with E-state index >= 15 is 0 Å². The fourth-order valence-electron chi connectivity index (χ4n) is 2.57. The Bertz CT molecular complexity index is 533. The number of benzene rings is 1. The average molecular weight is 307 g/mol. The summed E-state index contributed by atoms with van der Waals surface area (Å²) in [6.07, 6.45) is 0. The average Bonchev–Trinajstić information content (AvgIpc) is 2.42. The molecule has 0 saturated heterocycles. The molecule has 1 rings (SSSR count). The molecule has 1 N–H and O–H groups in total. The van der Waals surface area contributed by atoms with Gasteiger partial charge in [0.2, 0.25) is 0 Å². The summed E-state index contributed by atoms with van der Waals surface area (Å²) in [4.78, 5) is 24.9. The Balaban J connectivity index is 2.71. The minimum Gasteiger partial charge on any atom is -0.351 e. The fraction of sp³-hybridized carbons (Fsp3) is 0.562. The Morgan fingerprint density at radius 2 is 1.86 bits per heavy atom. The highest BCUT2D eigenvalue weighted by Crippen LogP contribution is 2.20. The van der Waals surface area contributed by atoms with E-state index in [9.17, 15) is 14.9 Å². The van der Waals surface area contributed by atoms with Crippen molar-refractivity contribution in [3.63, 3.8) is 0 Å². The predicted octanol–water partition coefficient (Wildman–Crippen LogP) is 2.75. The number of hydrogen-bond acceptors (Lipinski definition) is 4. The zero-order chi connectivity index (χ0) is 16.9. The van der Waals surface area contributed by atoms with Crippen molar-refractivity contribution < 1.29 is 9.72 Å². The van der Waals surface area contributed by atoms with E-state index in [1.54, 1.807) is 13.0 Å². The topological polar surface area (TPSA) is 75.5 Å². The highest BCUT2D eigenvalue weighted by atomic mass is 16.6. The third kappa shape index (κ3) is 4.53. The lowest BCUT2D eigenvalue weighted by Crippen LogP contribution is -2.42. The molecule has 0 aromatic heterocycles. The van der Waals surface area contributed by atoms with Crippen LogP contribution < -0.4 is 5.32 Å². The van der Waals surface area contributed by atoms with Crippen molar-refractivity contribution in [1.29, 1.82) is 0 Å². The van der Waals surface area contributed by atoms with Gasteiger partial charge in [0.15, 0.2) is 0 Å². The first-order valence-electron chi connectivity index (χ1n) is 7.53. The van der Waals surface area contributed by atoms with Crippen LogP contribution in [0, 0.1) is 17.0 Å². The first-order valence-corrected chi connectivity index (χ1v) is 7.53. The highest BCUT2D eigenvalue weighted by Gasteiger charge is 2.18. The molecular weight excluding hydrogens is 282 g/mol. The smallest absolute Gasteiger partial charge is 0.273 e. The molecule has 0 aliphatic rings. The first kappa shape index (κ1) is 18.1. The molecular formula is C16H25N3O3. The summed E-state index contributed by atoms with van der Waals surface area (Å²) in [7, 11) is 0. The number of hydrogen-bond donors (Lipinski definition) is 1. The van der Waals surface area contributed by atoms with Gasteiger partial charge < -0.3 is 5.32 Å². The monoisotopic (exact) mass is 307 g/mol. The van der Waals surface area contributed by atoms with Crippen LogP contribution in [0.4, 0.5) is 5.69 Å². The van der Waals surface area contributed by atoms with Gasteiger partial charge in [-0.2, -0.15) is 0 Å². The van der Waals surface area contributed by atoms with Gasteiger partial charge in [-0.05, 0) is 40.7 Å². The van der Waals surface area contributed by atoms with Gasteiger partial charge >= 0.3 is 0 Å². The molecule has 0 saturated carbocycles. The van der Waals surface area contributed by atoms with E-state index in [1.165, 1.54) is 12.1 Å². The normalized spacial score (nSPS) is 11.3. The molecule has 22 heavy (non-hydrogen) atoms. The van der Waals surface area contributed by atoms with Crippen LogP contribution in [-0.2, 0) is 0 Å². The van der Waals surface area contributed by atoms with Crippen molar-refractivity contribution in [2.45, 2.75) is 46.7 Å². The molecule has 6 nitrogen and oxygen atoms in total. The zero-order valence-electron chi connectivity index (χ0n) is 13.9. The summed E-state index contributed by atoms with van der Waals surface area (Å²) in [5, 5.41) is 13.8. The molecule has 0 aliphatic carbocycles.